The molecule has 0 aliphatic heterocycles. The fourth-order valence-electron chi connectivity index (χ4n) is 1.06. The van der Waals surface area contributed by atoms with Crippen molar-refractivity contribution in [2.24, 2.45) is 0 Å². The minimum absolute atomic E-state index is 0.333. The fourth-order valence-corrected chi connectivity index (χ4v) is 1.18. The normalized spacial score (nSPS) is 10.4. The van der Waals surface area contributed by atoms with E-state index in [0.717, 1.165) is 11.0 Å². The van der Waals surface area contributed by atoms with Gasteiger partial charge in [0.15, 0.2) is 0 Å². The van der Waals surface area contributed by atoms with Crippen molar-refractivity contribution in [2.75, 3.05) is 5.94 Å². The lowest BCUT2D eigenvalue weighted by molar-refractivity contribution is 0.367. The number of benzene rings is 1. The number of aromatic amines is 1. The van der Waals surface area contributed by atoms with Crippen LogP contribution in [0.1, 0.15) is 0 Å². The summed E-state index contributed by atoms with van der Waals surface area (Å²) in [5, 5.41) is 0. The van der Waals surface area contributed by atoms with E-state index in [4.69, 9.17) is 4.74 Å². The summed E-state index contributed by atoms with van der Waals surface area (Å²) in [6, 6.07) is 8.29. The Morgan fingerprint density at radius 1 is 1.42 bits per heavy atom. The van der Waals surface area contributed by atoms with Crippen LogP contribution in [0, 0.1) is 0 Å². The number of H-pyrrole nitrogens is 1. The second kappa shape index (κ2) is 3.06. The van der Waals surface area contributed by atoms with Gasteiger partial charge in [0, 0.05) is 0 Å². The Kier molecular flexibility index (Phi) is 1.91. The zero-order chi connectivity index (χ0) is 8.39. The van der Waals surface area contributed by atoms with E-state index in [1.54, 1.807) is 0 Å². The van der Waals surface area contributed by atoms with Gasteiger partial charge in [-0.15, -0.1) is 12.6 Å². The Hall–Kier alpha value is -1.16. The minimum Gasteiger partial charge on any atom is -0.454 e. The summed E-state index contributed by atoms with van der Waals surface area (Å²) in [6.45, 7) is 0. The molecule has 0 spiro atoms. The van der Waals surface area contributed by atoms with Crippen LogP contribution in [0.5, 0.6) is 6.01 Å². The molecule has 2 aromatic rings. The van der Waals surface area contributed by atoms with Crippen LogP contribution < -0.4 is 4.74 Å². The Bertz CT molecular complexity index is 352. The molecule has 0 bridgehead atoms. The van der Waals surface area contributed by atoms with Crippen molar-refractivity contribution in [1.29, 1.82) is 0 Å². The van der Waals surface area contributed by atoms with Gasteiger partial charge in [0.2, 0.25) is 0 Å². The number of rotatable bonds is 2. The van der Waals surface area contributed by atoms with E-state index in [2.05, 4.69) is 22.6 Å². The minimum atomic E-state index is 0.333. The highest BCUT2D eigenvalue weighted by molar-refractivity contribution is 7.80. The third-order valence-electron chi connectivity index (χ3n) is 1.57. The van der Waals surface area contributed by atoms with Crippen LogP contribution in [-0.2, 0) is 0 Å². The Labute approximate surface area is 75.2 Å². The summed E-state index contributed by atoms with van der Waals surface area (Å²) >= 11 is 3.93. The van der Waals surface area contributed by atoms with E-state index >= 15 is 0 Å². The van der Waals surface area contributed by atoms with Gasteiger partial charge >= 0.3 is 0 Å². The molecule has 0 unspecified atom stereocenters. The topological polar surface area (TPSA) is 37.9 Å². The molecule has 0 fully saturated rings. The van der Waals surface area contributed by atoms with Gasteiger partial charge in [0.1, 0.15) is 5.94 Å². The van der Waals surface area contributed by atoms with Crippen LogP contribution in [0.15, 0.2) is 24.3 Å². The molecule has 2 rings (SSSR count). The number of aromatic nitrogens is 2. The molecule has 0 aliphatic rings. The van der Waals surface area contributed by atoms with Crippen LogP contribution >= 0.6 is 12.6 Å². The zero-order valence-electron chi connectivity index (χ0n) is 6.32. The van der Waals surface area contributed by atoms with Gasteiger partial charge in [-0.05, 0) is 12.1 Å². The van der Waals surface area contributed by atoms with Crippen molar-refractivity contribution in [3.8, 4) is 6.01 Å². The fraction of sp³-hybridized carbons (Fsp3) is 0.125. The highest BCUT2D eigenvalue weighted by Crippen LogP contribution is 2.14. The molecule has 4 heteroatoms. The predicted molar refractivity (Wildman–Crippen MR) is 50.6 cm³/mol. The van der Waals surface area contributed by atoms with Crippen LogP contribution in [0.3, 0.4) is 0 Å². The monoisotopic (exact) mass is 180 g/mol. The number of para-hydroxylation sites is 2. The molecule has 1 aromatic heterocycles. The van der Waals surface area contributed by atoms with Crippen molar-refractivity contribution in [3.63, 3.8) is 0 Å². The SMILES string of the molecule is SCOc1nc2ccccc2[nH]1. The van der Waals surface area contributed by atoms with Gasteiger partial charge in [-0.2, -0.15) is 4.98 Å². The van der Waals surface area contributed by atoms with Gasteiger partial charge < -0.3 is 9.72 Å². The first kappa shape index (κ1) is 7.49. The lowest BCUT2D eigenvalue weighted by Gasteiger charge is -1.92. The lowest BCUT2D eigenvalue weighted by Crippen LogP contribution is -1.89. The van der Waals surface area contributed by atoms with Gasteiger partial charge in [-0.3, -0.25) is 0 Å². The second-order valence-electron chi connectivity index (χ2n) is 2.33. The molecule has 0 saturated carbocycles. The first-order valence-corrected chi connectivity index (χ1v) is 4.22. The second-order valence-corrected chi connectivity index (χ2v) is 2.59. The zero-order valence-corrected chi connectivity index (χ0v) is 7.21. The number of imidazole rings is 1. The average molecular weight is 180 g/mol. The van der Waals surface area contributed by atoms with Gasteiger partial charge in [0.05, 0.1) is 11.0 Å². The van der Waals surface area contributed by atoms with E-state index in [9.17, 15) is 0 Å². The number of ether oxygens (including phenoxy) is 1. The summed E-state index contributed by atoms with van der Waals surface area (Å²) in [4.78, 5) is 7.19. The summed E-state index contributed by atoms with van der Waals surface area (Å²) in [5.74, 6) is 0.333. The third kappa shape index (κ3) is 1.25. The summed E-state index contributed by atoms with van der Waals surface area (Å²) in [6.07, 6.45) is 0. The molecule has 12 heavy (non-hydrogen) atoms. The standard InChI is InChI=1S/C8H8N2OS/c12-5-11-8-9-6-3-1-2-4-7(6)10-8/h1-4,12H,5H2,(H,9,10). The molecule has 0 amide bonds. The summed E-state index contributed by atoms with van der Waals surface area (Å²) < 4.78 is 5.09. The lowest BCUT2D eigenvalue weighted by atomic mass is 10.3. The largest absolute Gasteiger partial charge is 0.454 e. The van der Waals surface area contributed by atoms with Crippen molar-refractivity contribution >= 4 is 23.7 Å². The summed E-state index contributed by atoms with van der Waals surface area (Å²) in [5.41, 5.74) is 1.89. The number of nitrogens with zero attached hydrogens (tertiary/aromatic N) is 1. The molecule has 0 saturated heterocycles. The molecule has 1 heterocycles. The Morgan fingerprint density at radius 3 is 3.00 bits per heavy atom. The quantitative estimate of drug-likeness (QED) is 0.546. The van der Waals surface area contributed by atoms with E-state index in [1.165, 1.54) is 0 Å². The van der Waals surface area contributed by atoms with E-state index in [0.29, 0.717) is 11.9 Å². The van der Waals surface area contributed by atoms with Crippen molar-refractivity contribution in [2.45, 2.75) is 0 Å². The number of hydrogen-bond donors (Lipinski definition) is 2. The van der Waals surface area contributed by atoms with Gasteiger partial charge in [0.25, 0.3) is 6.01 Å². The molecule has 3 nitrogen and oxygen atoms in total. The maximum Gasteiger partial charge on any atom is 0.295 e. The Balaban J connectivity index is 2.47. The average Bonchev–Trinajstić information content (AvgIpc) is 2.47. The molecule has 0 atom stereocenters. The first-order valence-electron chi connectivity index (χ1n) is 3.58. The molecular weight excluding hydrogens is 172 g/mol. The number of thiol groups is 1. The predicted octanol–water partition coefficient (Wildman–Crippen LogP) is 1.83. The highest BCUT2D eigenvalue weighted by atomic mass is 32.1. The van der Waals surface area contributed by atoms with E-state index in [-0.39, 0.29) is 0 Å². The van der Waals surface area contributed by atoms with Gasteiger partial charge in [-0.1, -0.05) is 12.1 Å². The van der Waals surface area contributed by atoms with Crippen molar-refractivity contribution in [1.82, 2.24) is 9.97 Å². The maximum atomic E-state index is 5.09. The van der Waals surface area contributed by atoms with Crippen molar-refractivity contribution < 1.29 is 4.74 Å². The third-order valence-corrected chi connectivity index (χ3v) is 1.70. The highest BCUT2D eigenvalue weighted by Gasteiger charge is 2.00. The number of hydrogen-bond acceptors (Lipinski definition) is 3. The molecule has 1 N–H and O–H groups in total. The van der Waals surface area contributed by atoms with Gasteiger partial charge in [-0.25, -0.2) is 0 Å². The van der Waals surface area contributed by atoms with Crippen LogP contribution in [0.25, 0.3) is 11.0 Å². The smallest absolute Gasteiger partial charge is 0.295 e. The maximum absolute atomic E-state index is 5.09. The Morgan fingerprint density at radius 2 is 2.25 bits per heavy atom. The molecule has 0 radical (unpaired) electrons. The van der Waals surface area contributed by atoms with Crippen molar-refractivity contribution in [3.05, 3.63) is 24.3 Å². The van der Waals surface area contributed by atoms with Crippen LogP contribution in [0.2, 0.25) is 0 Å². The number of fused-ring (bicyclic) bond motifs is 1. The molecule has 0 aliphatic carbocycles. The molecule has 1 aromatic carbocycles. The molecular formula is C8H8N2OS. The molecule has 62 valence electrons. The number of nitrogens with one attached hydrogen (secondary N) is 1. The van der Waals surface area contributed by atoms with E-state index in [1.807, 2.05) is 24.3 Å². The first-order chi connectivity index (χ1) is 5.90. The van der Waals surface area contributed by atoms with E-state index < -0.39 is 0 Å². The van der Waals surface area contributed by atoms with Crippen LogP contribution in [-0.4, -0.2) is 15.9 Å². The summed E-state index contributed by atoms with van der Waals surface area (Å²) in [7, 11) is 0. The van der Waals surface area contributed by atoms with Crippen LogP contribution in [0.4, 0.5) is 0 Å².